The lowest BCUT2D eigenvalue weighted by atomic mass is 9.86. The van der Waals surface area contributed by atoms with Gasteiger partial charge in [0.2, 0.25) is 0 Å². The second kappa shape index (κ2) is 4.85. The van der Waals surface area contributed by atoms with Crippen molar-refractivity contribution in [3.8, 4) is 0 Å². The molecule has 0 aromatic heterocycles. The molecule has 0 amide bonds. The van der Waals surface area contributed by atoms with Crippen LogP contribution in [0.3, 0.4) is 0 Å². The minimum absolute atomic E-state index is 0.117. The minimum atomic E-state index is -3.66. The normalized spacial score (nSPS) is 17.3. The van der Waals surface area contributed by atoms with Crippen molar-refractivity contribution in [1.82, 2.24) is 0 Å². The van der Waals surface area contributed by atoms with Gasteiger partial charge in [-0.2, -0.15) is 0 Å². The fraction of sp³-hybridized carbons (Fsp3) is 0.538. The number of halogens is 1. The first-order chi connectivity index (χ1) is 8.79. The van der Waals surface area contributed by atoms with E-state index in [1.54, 1.807) is 19.9 Å². The number of sulfone groups is 1. The Morgan fingerprint density at radius 3 is 2.47 bits per heavy atom. The van der Waals surface area contributed by atoms with Gasteiger partial charge in [-0.05, 0) is 17.7 Å². The first-order valence-corrected chi connectivity index (χ1v) is 7.56. The largest absolute Gasteiger partial charge is 0.395 e. The summed E-state index contributed by atoms with van der Waals surface area (Å²) in [6, 6.07) is 4.00. The van der Waals surface area contributed by atoms with Gasteiger partial charge in [0.25, 0.3) is 0 Å². The number of aliphatic hydroxyl groups excluding tert-OH is 1. The molecule has 0 unspecified atom stereocenters. The molecule has 106 valence electrons. The van der Waals surface area contributed by atoms with Crippen molar-refractivity contribution in [3.05, 3.63) is 29.6 Å². The summed E-state index contributed by atoms with van der Waals surface area (Å²) < 4.78 is 43.1. The van der Waals surface area contributed by atoms with E-state index in [0.29, 0.717) is 5.56 Å². The van der Waals surface area contributed by atoms with Crippen molar-refractivity contribution in [2.75, 3.05) is 19.8 Å². The number of hydrogen-bond donors (Lipinski definition) is 1. The van der Waals surface area contributed by atoms with Gasteiger partial charge in [-0.3, -0.25) is 0 Å². The molecule has 1 heterocycles. The Hall–Kier alpha value is -0.980. The van der Waals surface area contributed by atoms with Crippen molar-refractivity contribution < 1.29 is 22.7 Å². The molecule has 1 aromatic carbocycles. The fourth-order valence-electron chi connectivity index (χ4n) is 1.82. The van der Waals surface area contributed by atoms with E-state index >= 15 is 0 Å². The van der Waals surface area contributed by atoms with Crippen LogP contribution in [0.5, 0.6) is 0 Å². The fourth-order valence-corrected chi connectivity index (χ4v) is 3.31. The highest BCUT2D eigenvalue weighted by molar-refractivity contribution is 7.92. The van der Waals surface area contributed by atoms with Crippen molar-refractivity contribution in [2.24, 2.45) is 0 Å². The maximum absolute atomic E-state index is 14.0. The lowest BCUT2D eigenvalue weighted by Gasteiger charge is -2.27. The Morgan fingerprint density at radius 1 is 1.42 bits per heavy atom. The Kier molecular flexibility index (Phi) is 3.68. The predicted octanol–water partition coefficient (Wildman–Crippen LogP) is 1.27. The molecule has 0 saturated carbocycles. The van der Waals surface area contributed by atoms with Crippen LogP contribution in [0.25, 0.3) is 0 Å². The van der Waals surface area contributed by atoms with Crippen LogP contribution in [0.4, 0.5) is 4.39 Å². The van der Waals surface area contributed by atoms with E-state index in [1.807, 2.05) is 0 Å². The molecule has 0 bridgehead atoms. The maximum Gasteiger partial charge on any atom is 0.188 e. The molecule has 6 heteroatoms. The molecule has 19 heavy (non-hydrogen) atoms. The van der Waals surface area contributed by atoms with Gasteiger partial charge in [-0.1, -0.05) is 19.9 Å². The molecular formula is C13H17FO4S. The van der Waals surface area contributed by atoms with Gasteiger partial charge in [0.05, 0.1) is 19.8 Å². The quantitative estimate of drug-likeness (QED) is 0.906. The Bertz CT molecular complexity index is 576. The monoisotopic (exact) mass is 288 g/mol. The van der Waals surface area contributed by atoms with Crippen molar-refractivity contribution >= 4 is 9.84 Å². The summed E-state index contributed by atoms with van der Waals surface area (Å²) in [7, 11) is -3.66. The molecule has 1 aliphatic heterocycles. The molecule has 1 saturated heterocycles. The van der Waals surface area contributed by atoms with E-state index in [4.69, 9.17) is 4.74 Å². The first-order valence-electron chi connectivity index (χ1n) is 6.01. The molecule has 1 aliphatic rings. The zero-order chi connectivity index (χ0) is 14.3. The second-order valence-electron chi connectivity index (χ2n) is 5.39. The van der Waals surface area contributed by atoms with Crippen molar-refractivity contribution in [3.63, 3.8) is 0 Å². The maximum atomic E-state index is 14.0. The van der Waals surface area contributed by atoms with Crippen molar-refractivity contribution in [1.29, 1.82) is 0 Å². The number of benzene rings is 1. The number of rotatable bonds is 4. The van der Waals surface area contributed by atoms with E-state index in [2.05, 4.69) is 0 Å². The van der Waals surface area contributed by atoms with E-state index in [1.165, 1.54) is 12.1 Å². The molecule has 1 aromatic rings. The van der Waals surface area contributed by atoms with Crippen LogP contribution < -0.4 is 0 Å². The van der Waals surface area contributed by atoms with Gasteiger partial charge in [0.15, 0.2) is 9.84 Å². The first kappa shape index (κ1) is 14.4. The van der Waals surface area contributed by atoms with Crippen LogP contribution in [0.15, 0.2) is 23.1 Å². The summed E-state index contributed by atoms with van der Waals surface area (Å²) in [4.78, 5) is -0.293. The van der Waals surface area contributed by atoms with Crippen LogP contribution in [0.2, 0.25) is 0 Å². The summed E-state index contributed by atoms with van der Waals surface area (Å²) >= 11 is 0. The van der Waals surface area contributed by atoms with Gasteiger partial charge in [-0.25, -0.2) is 12.8 Å². The zero-order valence-corrected chi connectivity index (χ0v) is 11.7. The molecule has 0 spiro atoms. The predicted molar refractivity (Wildman–Crippen MR) is 68.3 cm³/mol. The molecular weight excluding hydrogens is 271 g/mol. The van der Waals surface area contributed by atoms with Crippen LogP contribution >= 0.6 is 0 Å². The van der Waals surface area contributed by atoms with E-state index in [-0.39, 0.29) is 24.7 Å². The highest BCUT2D eigenvalue weighted by Gasteiger charge is 2.36. The molecule has 0 aliphatic carbocycles. The lowest BCUT2D eigenvalue weighted by Crippen LogP contribution is -2.41. The van der Waals surface area contributed by atoms with Gasteiger partial charge < -0.3 is 9.84 Å². The lowest BCUT2D eigenvalue weighted by molar-refractivity contribution is 0.0415. The molecule has 0 radical (unpaired) electrons. The third-order valence-corrected chi connectivity index (χ3v) is 5.56. The summed E-state index contributed by atoms with van der Waals surface area (Å²) in [6.07, 6.45) is 0. The number of ether oxygens (including phenoxy) is 1. The summed E-state index contributed by atoms with van der Waals surface area (Å²) in [5.41, 5.74) is -0.0424. The Balaban J connectivity index is 2.40. The van der Waals surface area contributed by atoms with Gasteiger partial charge in [0, 0.05) is 5.41 Å². The number of hydrogen-bond acceptors (Lipinski definition) is 4. The zero-order valence-electron chi connectivity index (χ0n) is 10.9. The Labute approximate surface area is 112 Å². The highest BCUT2D eigenvalue weighted by Crippen LogP contribution is 2.28. The van der Waals surface area contributed by atoms with Crippen LogP contribution in [0.1, 0.15) is 19.4 Å². The van der Waals surface area contributed by atoms with Gasteiger partial charge >= 0.3 is 0 Å². The highest BCUT2D eigenvalue weighted by atomic mass is 32.2. The van der Waals surface area contributed by atoms with Crippen LogP contribution in [-0.2, 0) is 20.0 Å². The average molecular weight is 288 g/mol. The molecule has 1 fully saturated rings. The van der Waals surface area contributed by atoms with E-state index in [0.717, 1.165) is 0 Å². The third-order valence-electron chi connectivity index (χ3n) is 3.46. The smallest absolute Gasteiger partial charge is 0.188 e. The van der Waals surface area contributed by atoms with Gasteiger partial charge in [0.1, 0.15) is 16.0 Å². The minimum Gasteiger partial charge on any atom is -0.395 e. The van der Waals surface area contributed by atoms with E-state index < -0.39 is 26.3 Å². The SMILES string of the molecule is CC(C)(CO)c1ccc(S(=O)(=O)C2COC2)c(F)c1. The summed E-state index contributed by atoms with van der Waals surface area (Å²) in [5.74, 6) is -0.772. The second-order valence-corrected chi connectivity index (χ2v) is 7.59. The van der Waals surface area contributed by atoms with E-state index in [9.17, 15) is 17.9 Å². The van der Waals surface area contributed by atoms with Crippen LogP contribution in [-0.4, -0.2) is 38.6 Å². The van der Waals surface area contributed by atoms with Gasteiger partial charge in [-0.15, -0.1) is 0 Å². The third kappa shape index (κ3) is 2.52. The van der Waals surface area contributed by atoms with Crippen molar-refractivity contribution in [2.45, 2.75) is 29.4 Å². The molecule has 0 atom stereocenters. The average Bonchev–Trinajstić information content (AvgIpc) is 2.25. The molecule has 2 rings (SSSR count). The molecule has 4 nitrogen and oxygen atoms in total. The topological polar surface area (TPSA) is 63.6 Å². The molecule has 1 N–H and O–H groups in total. The Morgan fingerprint density at radius 2 is 2.05 bits per heavy atom. The van der Waals surface area contributed by atoms with Crippen LogP contribution in [0, 0.1) is 5.82 Å². The summed E-state index contributed by atoms with van der Waals surface area (Å²) in [6.45, 7) is 3.61. The standard InChI is InChI=1S/C13H17FO4S/c1-13(2,8-15)9-3-4-12(11(14)5-9)19(16,17)10-6-18-7-10/h3-5,10,15H,6-8H2,1-2H3. The summed E-state index contributed by atoms with van der Waals surface area (Å²) in [5, 5.41) is 8.59. The number of aliphatic hydroxyl groups is 1.